The number of amides is 1. The molecule has 0 bridgehead atoms. The van der Waals surface area contributed by atoms with Gasteiger partial charge in [0.2, 0.25) is 5.91 Å². The monoisotopic (exact) mass is 536 g/mol. The van der Waals surface area contributed by atoms with Gasteiger partial charge in [0.25, 0.3) is 0 Å². The third-order valence-electron chi connectivity index (χ3n) is 8.51. The van der Waals surface area contributed by atoms with Crippen LogP contribution >= 0.6 is 0 Å². The predicted molar refractivity (Wildman–Crippen MR) is 136 cm³/mol. The lowest BCUT2D eigenvalue weighted by molar-refractivity contribution is -0.144. The number of fused-ring (bicyclic) bond motifs is 1. The minimum absolute atomic E-state index is 0.0869. The van der Waals surface area contributed by atoms with Gasteiger partial charge in [-0.05, 0) is 32.1 Å². The number of nitrogens with zero attached hydrogens (tertiary/aromatic N) is 1. The molecular weight excluding hydrogens is 495 g/mol. The molecule has 8 atom stereocenters. The number of carbonyl (C=O) groups excluding carboxylic acids is 2. The number of ether oxygens (including phenoxy) is 2. The zero-order valence-corrected chi connectivity index (χ0v) is 22.9. The molecule has 1 aromatic rings. The topological polar surface area (TPSA) is 138 Å². The molecule has 3 aliphatic rings. The average Bonchev–Trinajstić information content (AvgIpc) is 3.74. The Labute approximate surface area is 223 Å². The number of aromatic nitrogens is 1. The van der Waals surface area contributed by atoms with Gasteiger partial charge in [-0.25, -0.2) is 9.37 Å². The maximum Gasteiger partial charge on any atom is 0.223 e. The number of ketones is 1. The van der Waals surface area contributed by atoms with Gasteiger partial charge in [-0.3, -0.25) is 9.59 Å². The maximum absolute atomic E-state index is 15.4. The Morgan fingerprint density at radius 3 is 2.63 bits per heavy atom. The van der Waals surface area contributed by atoms with E-state index in [-0.39, 0.29) is 30.3 Å². The average molecular weight is 537 g/mol. The molecule has 1 amide bonds. The van der Waals surface area contributed by atoms with E-state index in [2.05, 4.69) is 10.3 Å². The van der Waals surface area contributed by atoms with E-state index in [1.165, 1.54) is 12.3 Å². The molecule has 3 fully saturated rings. The molecule has 8 unspecified atom stereocenters. The smallest absolute Gasteiger partial charge is 0.223 e. The molecule has 4 rings (SSSR count). The van der Waals surface area contributed by atoms with Crippen molar-refractivity contribution in [3.63, 3.8) is 0 Å². The molecule has 0 spiro atoms. The van der Waals surface area contributed by atoms with Gasteiger partial charge in [0.05, 0.1) is 54.5 Å². The minimum atomic E-state index is -1.33. The molecular formula is C28H41FN2O7. The molecule has 0 radical (unpaired) electrons. The van der Waals surface area contributed by atoms with E-state index in [1.807, 2.05) is 13.8 Å². The van der Waals surface area contributed by atoms with E-state index in [9.17, 15) is 19.8 Å². The molecule has 38 heavy (non-hydrogen) atoms. The second kappa shape index (κ2) is 11.2. The van der Waals surface area contributed by atoms with Crippen LogP contribution in [0.3, 0.4) is 0 Å². The fourth-order valence-corrected chi connectivity index (χ4v) is 5.51. The van der Waals surface area contributed by atoms with Gasteiger partial charge < -0.3 is 29.4 Å². The third-order valence-corrected chi connectivity index (χ3v) is 8.51. The van der Waals surface area contributed by atoms with E-state index in [0.29, 0.717) is 37.5 Å². The molecule has 0 saturated carbocycles. The lowest BCUT2D eigenvalue weighted by atomic mass is 9.71. The van der Waals surface area contributed by atoms with Gasteiger partial charge >= 0.3 is 0 Å². The summed E-state index contributed by atoms with van der Waals surface area (Å²) in [6, 6.07) is -0.995. The van der Waals surface area contributed by atoms with Crippen molar-refractivity contribution in [2.24, 2.45) is 17.3 Å². The molecule has 4 heterocycles. The first kappa shape index (κ1) is 28.9. The molecule has 0 aromatic carbocycles. The number of nitrogens with one attached hydrogen (secondary N) is 1. The van der Waals surface area contributed by atoms with Crippen LogP contribution in [0, 0.1) is 24.2 Å². The highest BCUT2D eigenvalue weighted by Crippen LogP contribution is 2.45. The summed E-state index contributed by atoms with van der Waals surface area (Å²) in [5.41, 5.74) is -1.48. The van der Waals surface area contributed by atoms with Gasteiger partial charge in [-0.1, -0.05) is 27.2 Å². The van der Waals surface area contributed by atoms with Crippen LogP contribution in [0.15, 0.2) is 16.5 Å². The lowest BCUT2D eigenvalue weighted by Crippen LogP contribution is -2.48. The van der Waals surface area contributed by atoms with Crippen LogP contribution in [0.1, 0.15) is 77.8 Å². The Balaban J connectivity index is 1.58. The zero-order valence-electron chi connectivity index (χ0n) is 22.9. The van der Waals surface area contributed by atoms with Crippen molar-refractivity contribution in [2.45, 2.75) is 109 Å². The number of aliphatic hydroxyl groups is 2. The number of rotatable bonds is 4. The number of hydrogen-bond acceptors (Lipinski definition) is 8. The van der Waals surface area contributed by atoms with Crippen LogP contribution in [0.25, 0.3) is 6.08 Å². The van der Waals surface area contributed by atoms with Gasteiger partial charge in [-0.2, -0.15) is 0 Å². The Bertz CT molecular complexity index is 1050. The molecule has 1 aromatic heterocycles. The number of epoxide rings is 2. The summed E-state index contributed by atoms with van der Waals surface area (Å²) in [4.78, 5) is 30.8. The van der Waals surface area contributed by atoms with E-state index in [4.69, 9.17) is 13.9 Å². The maximum atomic E-state index is 15.4. The summed E-state index contributed by atoms with van der Waals surface area (Å²) < 4.78 is 31.9. The SMILES string of the molecule is Cc1nc(C=C(F)C2CC3OC3(C)CCCC(C)C(O)C(CC3CO3)C(=O)C(C)(C)C(O)CC(=O)N2)co1. The van der Waals surface area contributed by atoms with Crippen LogP contribution in [0.4, 0.5) is 4.39 Å². The quantitative estimate of drug-likeness (QED) is 0.499. The number of aryl methyl sites for hydroxylation is 1. The Kier molecular flexibility index (Phi) is 8.47. The van der Waals surface area contributed by atoms with Crippen molar-refractivity contribution >= 4 is 17.8 Å². The fourth-order valence-electron chi connectivity index (χ4n) is 5.51. The van der Waals surface area contributed by atoms with E-state index in [1.54, 1.807) is 20.8 Å². The summed E-state index contributed by atoms with van der Waals surface area (Å²) in [6.07, 6.45) is 2.31. The largest absolute Gasteiger partial charge is 0.449 e. The van der Waals surface area contributed by atoms with Crippen molar-refractivity contribution in [2.75, 3.05) is 6.61 Å². The number of aliphatic hydroxyl groups excluding tert-OH is 2. The molecule has 3 saturated heterocycles. The summed E-state index contributed by atoms with van der Waals surface area (Å²) >= 11 is 0. The number of hydrogen-bond donors (Lipinski definition) is 3. The number of carbonyl (C=O) groups is 2. The summed E-state index contributed by atoms with van der Waals surface area (Å²) in [7, 11) is 0. The second-order valence-electron chi connectivity index (χ2n) is 12.1. The van der Waals surface area contributed by atoms with Gasteiger partial charge in [0.15, 0.2) is 5.89 Å². The minimum Gasteiger partial charge on any atom is -0.449 e. The fraction of sp³-hybridized carbons (Fsp3) is 0.750. The first-order valence-corrected chi connectivity index (χ1v) is 13.6. The first-order valence-electron chi connectivity index (χ1n) is 13.6. The van der Waals surface area contributed by atoms with Crippen LogP contribution < -0.4 is 5.32 Å². The lowest BCUT2D eigenvalue weighted by Gasteiger charge is -2.36. The number of halogens is 1. The van der Waals surface area contributed by atoms with Crippen molar-refractivity contribution < 1.29 is 38.1 Å². The van der Waals surface area contributed by atoms with Gasteiger partial charge in [-0.15, -0.1) is 0 Å². The summed E-state index contributed by atoms with van der Waals surface area (Å²) in [5, 5.41) is 24.9. The normalized spacial score (nSPS) is 38.8. The van der Waals surface area contributed by atoms with Crippen LogP contribution in [0.5, 0.6) is 0 Å². The highest BCUT2D eigenvalue weighted by Gasteiger charge is 2.53. The van der Waals surface area contributed by atoms with Crippen molar-refractivity contribution in [1.29, 1.82) is 0 Å². The van der Waals surface area contributed by atoms with Gasteiger partial charge in [0, 0.05) is 25.3 Å². The molecule has 9 nitrogen and oxygen atoms in total. The van der Waals surface area contributed by atoms with E-state index >= 15 is 4.39 Å². The Hall–Kier alpha value is -2.14. The number of Topliss-reactive ketones (excluding diaryl/α,β-unsaturated/α-hetero) is 1. The van der Waals surface area contributed by atoms with Crippen molar-refractivity contribution in [3.8, 4) is 0 Å². The van der Waals surface area contributed by atoms with E-state index < -0.39 is 53.3 Å². The zero-order chi connectivity index (χ0) is 27.8. The standard InChI is InChI=1S/C28H41FN2O7/c1-15-7-6-8-28(5)23(38-28)11-21(20(29)9-17-13-36-16(2)30-17)31-24(33)12-22(32)27(3,4)26(35)19(25(15)34)10-18-14-37-18/h9,13,15,18-19,21-23,25,32,34H,6-8,10-12,14H2,1-5H3,(H,31,33). The highest BCUT2D eigenvalue weighted by atomic mass is 19.1. The van der Waals surface area contributed by atoms with E-state index in [0.717, 1.165) is 6.42 Å². The van der Waals surface area contributed by atoms with Crippen LogP contribution in [-0.4, -0.2) is 69.6 Å². The molecule has 3 aliphatic heterocycles. The molecule has 3 N–H and O–H groups in total. The van der Waals surface area contributed by atoms with Crippen molar-refractivity contribution in [1.82, 2.24) is 10.3 Å². The third kappa shape index (κ3) is 6.70. The summed E-state index contributed by atoms with van der Waals surface area (Å²) in [5.74, 6) is -1.99. The molecule has 212 valence electrons. The first-order chi connectivity index (χ1) is 17.8. The Morgan fingerprint density at radius 2 is 2.00 bits per heavy atom. The van der Waals surface area contributed by atoms with Crippen molar-refractivity contribution in [3.05, 3.63) is 23.7 Å². The molecule has 0 aliphatic carbocycles. The molecule has 10 heteroatoms. The van der Waals surface area contributed by atoms with Crippen LogP contribution in [0.2, 0.25) is 0 Å². The Morgan fingerprint density at radius 1 is 1.29 bits per heavy atom. The predicted octanol–water partition coefficient (Wildman–Crippen LogP) is 3.26. The van der Waals surface area contributed by atoms with Gasteiger partial charge in [0.1, 0.15) is 23.6 Å². The summed E-state index contributed by atoms with van der Waals surface area (Å²) in [6.45, 7) is 9.26. The number of oxazole rings is 1. The highest BCUT2D eigenvalue weighted by molar-refractivity contribution is 5.88. The second-order valence-corrected chi connectivity index (χ2v) is 12.1. The van der Waals surface area contributed by atoms with Crippen LogP contribution in [-0.2, 0) is 19.1 Å².